The number of rotatable bonds is 4. The van der Waals surface area contributed by atoms with Crippen LogP contribution in [-0.2, 0) is 6.54 Å². The van der Waals surface area contributed by atoms with Gasteiger partial charge < -0.3 is 14.6 Å². The fourth-order valence-electron chi connectivity index (χ4n) is 1.44. The van der Waals surface area contributed by atoms with E-state index < -0.39 is 0 Å². The van der Waals surface area contributed by atoms with Crippen LogP contribution in [0.2, 0.25) is 0 Å². The van der Waals surface area contributed by atoms with Gasteiger partial charge in [-0.3, -0.25) is 0 Å². The molecule has 0 amide bonds. The lowest BCUT2D eigenvalue weighted by molar-refractivity contribution is 0.402. The van der Waals surface area contributed by atoms with Crippen LogP contribution in [0, 0.1) is 0 Å². The number of nitrogens with one attached hydrogen (secondary N) is 1. The first-order valence-corrected chi connectivity index (χ1v) is 5.85. The standard InChI is InChI=1S/C11H12BrN3O2/c1-13-6-10-14-11(17-15-10)8-4-3-7(12)5-9(8)16-2/h3-5,13H,6H2,1-2H3. The average Bonchev–Trinajstić information content (AvgIpc) is 2.78. The monoisotopic (exact) mass is 297 g/mol. The van der Waals surface area contributed by atoms with E-state index in [9.17, 15) is 0 Å². The van der Waals surface area contributed by atoms with Crippen molar-refractivity contribution in [2.45, 2.75) is 6.54 Å². The van der Waals surface area contributed by atoms with Crippen LogP contribution in [0.4, 0.5) is 0 Å². The second-order valence-corrected chi connectivity index (χ2v) is 4.31. The van der Waals surface area contributed by atoms with Crippen LogP contribution in [0.25, 0.3) is 11.5 Å². The maximum atomic E-state index is 5.28. The number of benzene rings is 1. The van der Waals surface area contributed by atoms with Gasteiger partial charge in [-0.15, -0.1) is 0 Å². The Morgan fingerprint density at radius 3 is 3.00 bits per heavy atom. The Labute approximate surface area is 107 Å². The second-order valence-electron chi connectivity index (χ2n) is 3.39. The van der Waals surface area contributed by atoms with E-state index in [1.54, 1.807) is 7.11 Å². The molecule has 0 spiro atoms. The summed E-state index contributed by atoms with van der Waals surface area (Å²) >= 11 is 3.38. The van der Waals surface area contributed by atoms with E-state index in [4.69, 9.17) is 9.26 Å². The van der Waals surface area contributed by atoms with Crippen LogP contribution in [-0.4, -0.2) is 24.3 Å². The van der Waals surface area contributed by atoms with Gasteiger partial charge in [0.15, 0.2) is 5.82 Å². The second kappa shape index (κ2) is 5.29. The Kier molecular flexibility index (Phi) is 3.75. The highest BCUT2D eigenvalue weighted by molar-refractivity contribution is 9.10. The molecule has 0 fully saturated rings. The number of nitrogens with zero attached hydrogens (tertiary/aromatic N) is 2. The largest absolute Gasteiger partial charge is 0.496 e. The van der Waals surface area contributed by atoms with Crippen molar-refractivity contribution in [1.29, 1.82) is 0 Å². The molecule has 0 atom stereocenters. The van der Waals surface area contributed by atoms with Gasteiger partial charge in [-0.2, -0.15) is 4.98 Å². The number of hydrogen-bond acceptors (Lipinski definition) is 5. The van der Waals surface area contributed by atoms with E-state index in [-0.39, 0.29) is 0 Å². The van der Waals surface area contributed by atoms with Crippen LogP contribution < -0.4 is 10.1 Å². The van der Waals surface area contributed by atoms with E-state index in [1.165, 1.54) is 0 Å². The molecule has 0 saturated heterocycles. The van der Waals surface area contributed by atoms with Crippen molar-refractivity contribution in [2.24, 2.45) is 0 Å². The summed E-state index contributed by atoms with van der Waals surface area (Å²) in [6.07, 6.45) is 0. The first-order valence-electron chi connectivity index (χ1n) is 5.05. The lowest BCUT2D eigenvalue weighted by Crippen LogP contribution is -2.06. The highest BCUT2D eigenvalue weighted by Crippen LogP contribution is 2.31. The van der Waals surface area contributed by atoms with Crippen LogP contribution in [0.15, 0.2) is 27.2 Å². The summed E-state index contributed by atoms with van der Waals surface area (Å²) in [6, 6.07) is 5.64. The molecule has 2 rings (SSSR count). The summed E-state index contributed by atoms with van der Waals surface area (Å²) in [6.45, 7) is 0.572. The molecule has 1 heterocycles. The predicted molar refractivity (Wildman–Crippen MR) is 66.7 cm³/mol. The Balaban J connectivity index is 2.37. The summed E-state index contributed by atoms with van der Waals surface area (Å²) < 4.78 is 11.4. The van der Waals surface area contributed by atoms with Gasteiger partial charge in [0.05, 0.1) is 19.2 Å². The molecule has 0 radical (unpaired) electrons. The summed E-state index contributed by atoms with van der Waals surface area (Å²) in [5.74, 6) is 1.77. The highest BCUT2D eigenvalue weighted by Gasteiger charge is 2.13. The lowest BCUT2D eigenvalue weighted by atomic mass is 10.2. The summed E-state index contributed by atoms with van der Waals surface area (Å²) in [4.78, 5) is 4.27. The molecule has 5 nitrogen and oxygen atoms in total. The third kappa shape index (κ3) is 2.65. The molecular formula is C11H12BrN3O2. The molecule has 1 aromatic carbocycles. The topological polar surface area (TPSA) is 60.2 Å². The van der Waals surface area contributed by atoms with Gasteiger partial charge in [0.25, 0.3) is 5.89 Å². The molecular weight excluding hydrogens is 286 g/mol. The minimum atomic E-state index is 0.458. The van der Waals surface area contributed by atoms with Crippen LogP contribution in [0.3, 0.4) is 0 Å². The number of aromatic nitrogens is 2. The Bertz CT molecular complexity index is 513. The minimum Gasteiger partial charge on any atom is -0.496 e. The molecule has 17 heavy (non-hydrogen) atoms. The Morgan fingerprint density at radius 2 is 2.29 bits per heavy atom. The van der Waals surface area contributed by atoms with Crippen LogP contribution >= 0.6 is 15.9 Å². The Morgan fingerprint density at radius 1 is 1.47 bits per heavy atom. The van der Waals surface area contributed by atoms with Gasteiger partial charge in [-0.05, 0) is 25.2 Å². The minimum absolute atomic E-state index is 0.458. The van der Waals surface area contributed by atoms with Crippen molar-refractivity contribution in [3.63, 3.8) is 0 Å². The summed E-state index contributed by atoms with van der Waals surface area (Å²) in [5.41, 5.74) is 0.783. The van der Waals surface area contributed by atoms with Crippen molar-refractivity contribution in [3.05, 3.63) is 28.5 Å². The molecule has 6 heteroatoms. The first-order chi connectivity index (χ1) is 8.24. The molecule has 0 unspecified atom stereocenters. The maximum Gasteiger partial charge on any atom is 0.261 e. The molecule has 0 aliphatic carbocycles. The van der Waals surface area contributed by atoms with Crippen molar-refractivity contribution >= 4 is 15.9 Å². The number of methoxy groups -OCH3 is 1. The Hall–Kier alpha value is -1.40. The van der Waals surface area contributed by atoms with Crippen LogP contribution in [0.5, 0.6) is 5.75 Å². The van der Waals surface area contributed by atoms with Crippen LogP contribution in [0.1, 0.15) is 5.82 Å². The highest BCUT2D eigenvalue weighted by atomic mass is 79.9. The molecule has 1 aromatic heterocycles. The van der Waals surface area contributed by atoms with Crippen molar-refractivity contribution in [3.8, 4) is 17.2 Å². The zero-order chi connectivity index (χ0) is 12.3. The molecule has 90 valence electrons. The number of halogens is 1. The van der Waals surface area contributed by atoms with Gasteiger partial charge in [-0.25, -0.2) is 0 Å². The molecule has 1 N–H and O–H groups in total. The third-order valence-corrected chi connectivity index (χ3v) is 2.69. The van der Waals surface area contributed by atoms with E-state index in [0.717, 1.165) is 10.0 Å². The van der Waals surface area contributed by atoms with Crippen molar-refractivity contribution in [1.82, 2.24) is 15.5 Å². The van der Waals surface area contributed by atoms with Crippen molar-refractivity contribution < 1.29 is 9.26 Å². The first kappa shape index (κ1) is 12.1. The van der Waals surface area contributed by atoms with Gasteiger partial charge in [0.2, 0.25) is 0 Å². The zero-order valence-electron chi connectivity index (χ0n) is 9.53. The van der Waals surface area contributed by atoms with E-state index in [0.29, 0.717) is 24.0 Å². The van der Waals surface area contributed by atoms with Gasteiger partial charge in [0.1, 0.15) is 5.75 Å². The SMILES string of the molecule is CNCc1noc(-c2ccc(Br)cc2OC)n1. The van der Waals surface area contributed by atoms with E-state index in [2.05, 4.69) is 31.4 Å². The van der Waals surface area contributed by atoms with E-state index in [1.807, 2.05) is 25.2 Å². The molecule has 2 aromatic rings. The number of hydrogen-bond donors (Lipinski definition) is 1. The maximum absolute atomic E-state index is 5.28. The fraction of sp³-hybridized carbons (Fsp3) is 0.273. The van der Waals surface area contributed by atoms with E-state index >= 15 is 0 Å². The summed E-state index contributed by atoms with van der Waals surface area (Å²) in [7, 11) is 3.44. The fourth-order valence-corrected chi connectivity index (χ4v) is 1.78. The quantitative estimate of drug-likeness (QED) is 0.938. The molecule has 0 aliphatic heterocycles. The summed E-state index contributed by atoms with van der Waals surface area (Å²) in [5, 5.41) is 6.83. The molecule has 0 aliphatic rings. The van der Waals surface area contributed by atoms with Gasteiger partial charge in [0, 0.05) is 4.47 Å². The van der Waals surface area contributed by atoms with Gasteiger partial charge >= 0.3 is 0 Å². The lowest BCUT2D eigenvalue weighted by Gasteiger charge is -2.04. The predicted octanol–water partition coefficient (Wildman–Crippen LogP) is 2.23. The zero-order valence-corrected chi connectivity index (χ0v) is 11.1. The smallest absolute Gasteiger partial charge is 0.261 e. The third-order valence-electron chi connectivity index (χ3n) is 2.20. The average molecular weight is 298 g/mol. The molecule has 0 saturated carbocycles. The normalized spacial score (nSPS) is 10.5. The number of ether oxygens (including phenoxy) is 1. The molecule has 0 bridgehead atoms. The van der Waals surface area contributed by atoms with Crippen molar-refractivity contribution in [2.75, 3.05) is 14.2 Å². The van der Waals surface area contributed by atoms with Gasteiger partial charge in [-0.1, -0.05) is 21.1 Å².